The van der Waals surface area contributed by atoms with E-state index in [-0.39, 0.29) is 12.0 Å². The number of aryl methyl sites for hydroxylation is 1. The first kappa shape index (κ1) is 18.4. The van der Waals surface area contributed by atoms with Gasteiger partial charge in [0.2, 0.25) is 5.95 Å². The second-order valence-electron chi connectivity index (χ2n) is 7.64. The largest absolute Gasteiger partial charge is 0.396 e. The Balaban J connectivity index is 1.76. The van der Waals surface area contributed by atoms with Gasteiger partial charge in [0.25, 0.3) is 0 Å². The third kappa shape index (κ3) is 4.42. The van der Waals surface area contributed by atoms with Crippen LogP contribution in [0.2, 0.25) is 0 Å². The lowest BCUT2D eigenvalue weighted by Gasteiger charge is -2.42. The zero-order valence-electron chi connectivity index (χ0n) is 15.7. The molecule has 2 aliphatic rings. The summed E-state index contributed by atoms with van der Waals surface area (Å²) in [6, 6.07) is 2.09. The van der Waals surface area contributed by atoms with Crippen LogP contribution in [-0.4, -0.2) is 61.6 Å². The van der Waals surface area contributed by atoms with Crippen molar-refractivity contribution in [2.24, 2.45) is 5.41 Å². The zero-order chi connectivity index (χ0) is 17.7. The van der Waals surface area contributed by atoms with Crippen molar-refractivity contribution in [1.82, 2.24) is 9.97 Å². The molecule has 0 bridgehead atoms. The minimum Gasteiger partial charge on any atom is -0.396 e. The number of aromatic nitrogens is 2. The second-order valence-corrected chi connectivity index (χ2v) is 7.64. The predicted octanol–water partition coefficient (Wildman–Crippen LogP) is 2.39. The van der Waals surface area contributed by atoms with E-state index in [1.807, 2.05) is 6.92 Å². The maximum Gasteiger partial charge on any atom is 0.227 e. The van der Waals surface area contributed by atoms with Gasteiger partial charge >= 0.3 is 0 Å². The van der Waals surface area contributed by atoms with Gasteiger partial charge in [0.15, 0.2) is 0 Å². The molecule has 25 heavy (non-hydrogen) atoms. The molecule has 0 amide bonds. The summed E-state index contributed by atoms with van der Waals surface area (Å²) in [5.41, 5.74) is 0.982. The number of nitrogens with zero attached hydrogens (tertiary/aromatic N) is 4. The first-order valence-corrected chi connectivity index (χ1v) is 9.61. The molecule has 0 unspecified atom stereocenters. The number of hydrogen-bond acceptors (Lipinski definition) is 6. The molecule has 0 saturated carbocycles. The highest BCUT2D eigenvalue weighted by Crippen LogP contribution is 2.36. The van der Waals surface area contributed by atoms with E-state index >= 15 is 0 Å². The van der Waals surface area contributed by atoms with Crippen LogP contribution in [0.4, 0.5) is 11.8 Å². The van der Waals surface area contributed by atoms with Crippen molar-refractivity contribution in [3.8, 4) is 0 Å². The lowest BCUT2D eigenvalue weighted by Crippen LogP contribution is -2.46. The molecule has 140 valence electrons. The molecule has 0 aliphatic carbocycles. The Morgan fingerprint density at radius 3 is 2.64 bits per heavy atom. The Hall–Kier alpha value is -1.40. The molecule has 6 heteroatoms. The minimum atomic E-state index is -0.0383. The average molecular weight is 348 g/mol. The Morgan fingerprint density at radius 1 is 1.16 bits per heavy atom. The van der Waals surface area contributed by atoms with Crippen molar-refractivity contribution in [2.75, 3.05) is 56.3 Å². The van der Waals surface area contributed by atoms with Crippen molar-refractivity contribution >= 4 is 11.8 Å². The molecule has 6 nitrogen and oxygen atoms in total. The minimum absolute atomic E-state index is 0.0383. The van der Waals surface area contributed by atoms with Gasteiger partial charge in [-0.15, -0.1) is 0 Å². The number of aliphatic hydroxyl groups excluding tert-OH is 1. The lowest BCUT2D eigenvalue weighted by atomic mass is 9.77. The molecule has 0 radical (unpaired) electrons. The fourth-order valence-corrected chi connectivity index (χ4v) is 4.16. The van der Waals surface area contributed by atoms with Crippen LogP contribution in [0, 0.1) is 12.3 Å². The summed E-state index contributed by atoms with van der Waals surface area (Å²) in [6.07, 6.45) is 6.61. The molecule has 2 fully saturated rings. The van der Waals surface area contributed by atoms with Gasteiger partial charge in [-0.3, -0.25) is 0 Å². The second kappa shape index (κ2) is 8.32. The first-order chi connectivity index (χ1) is 12.2. The Morgan fingerprint density at radius 2 is 1.92 bits per heavy atom. The van der Waals surface area contributed by atoms with Crippen molar-refractivity contribution < 1.29 is 9.84 Å². The molecule has 1 atom stereocenters. The summed E-state index contributed by atoms with van der Waals surface area (Å²) in [7, 11) is 1.74. The average Bonchev–Trinajstić information content (AvgIpc) is 3.16. The lowest BCUT2D eigenvalue weighted by molar-refractivity contribution is 0.0820. The predicted molar refractivity (Wildman–Crippen MR) is 100 cm³/mol. The topological polar surface area (TPSA) is 61.7 Å². The van der Waals surface area contributed by atoms with Crippen LogP contribution >= 0.6 is 0 Å². The van der Waals surface area contributed by atoms with Crippen LogP contribution < -0.4 is 9.80 Å². The summed E-state index contributed by atoms with van der Waals surface area (Å²) in [4.78, 5) is 14.2. The normalized spacial score (nSPS) is 24.1. The quantitative estimate of drug-likeness (QED) is 0.764. The molecule has 0 aromatic carbocycles. The summed E-state index contributed by atoms with van der Waals surface area (Å²) in [5, 5.41) is 10.1. The molecule has 1 aromatic rings. The third-order valence-corrected chi connectivity index (χ3v) is 5.59. The number of methoxy groups -OCH3 is 1. The molecule has 0 spiro atoms. The molecule has 1 N–H and O–H groups in total. The van der Waals surface area contributed by atoms with Gasteiger partial charge in [-0.05, 0) is 45.4 Å². The van der Waals surface area contributed by atoms with E-state index in [1.165, 1.54) is 12.8 Å². The van der Waals surface area contributed by atoms with Gasteiger partial charge in [-0.1, -0.05) is 0 Å². The highest BCUT2D eigenvalue weighted by molar-refractivity contribution is 5.47. The zero-order valence-corrected chi connectivity index (χ0v) is 15.7. The molecule has 2 aliphatic heterocycles. The van der Waals surface area contributed by atoms with E-state index in [0.717, 1.165) is 75.9 Å². The van der Waals surface area contributed by atoms with Crippen molar-refractivity contribution in [1.29, 1.82) is 0 Å². The van der Waals surface area contributed by atoms with Crippen LogP contribution in [0.15, 0.2) is 6.07 Å². The van der Waals surface area contributed by atoms with Crippen LogP contribution in [-0.2, 0) is 4.74 Å². The van der Waals surface area contributed by atoms with E-state index in [0.29, 0.717) is 0 Å². The van der Waals surface area contributed by atoms with Gasteiger partial charge in [-0.25, -0.2) is 4.98 Å². The number of ether oxygens (including phenoxy) is 1. The first-order valence-electron chi connectivity index (χ1n) is 9.61. The molecular formula is C19H32N4O2. The Bertz CT molecular complexity index is 562. The molecule has 1 aromatic heterocycles. The smallest absolute Gasteiger partial charge is 0.227 e. The van der Waals surface area contributed by atoms with Crippen LogP contribution in [0.25, 0.3) is 0 Å². The standard InChI is InChI=1S/C19H32N4O2/c1-16-13-17(21-18(20-16)22-9-3-4-10-22)23-11-5-7-19(14-23,15-24)8-6-12-25-2/h13,24H,3-12,14-15H2,1-2H3/t19-/m0/s1. The van der Waals surface area contributed by atoms with Crippen LogP contribution in [0.3, 0.4) is 0 Å². The van der Waals surface area contributed by atoms with E-state index in [9.17, 15) is 5.11 Å². The number of anilines is 2. The van der Waals surface area contributed by atoms with Crippen molar-refractivity contribution in [3.05, 3.63) is 11.8 Å². The van der Waals surface area contributed by atoms with E-state index in [1.54, 1.807) is 7.11 Å². The SMILES string of the molecule is COCCC[C@@]1(CO)CCCN(c2cc(C)nc(N3CCCC3)n2)C1. The number of aliphatic hydroxyl groups is 1. The van der Waals surface area contributed by atoms with Crippen molar-refractivity contribution in [3.63, 3.8) is 0 Å². The van der Waals surface area contributed by atoms with Gasteiger partial charge in [-0.2, -0.15) is 4.98 Å². The van der Waals surface area contributed by atoms with E-state index < -0.39 is 0 Å². The fraction of sp³-hybridized carbons (Fsp3) is 0.789. The van der Waals surface area contributed by atoms with E-state index in [2.05, 4.69) is 20.9 Å². The number of piperidine rings is 1. The molecule has 3 heterocycles. The van der Waals surface area contributed by atoms with Gasteiger partial charge in [0.05, 0.1) is 6.61 Å². The summed E-state index contributed by atoms with van der Waals surface area (Å²) >= 11 is 0. The Kier molecular flexibility index (Phi) is 6.12. The maximum absolute atomic E-state index is 10.1. The van der Waals surface area contributed by atoms with Gasteiger partial charge in [0.1, 0.15) is 5.82 Å². The van der Waals surface area contributed by atoms with Crippen LogP contribution in [0.5, 0.6) is 0 Å². The highest BCUT2D eigenvalue weighted by atomic mass is 16.5. The third-order valence-electron chi connectivity index (χ3n) is 5.59. The molecule has 3 rings (SSSR count). The fourth-order valence-electron chi connectivity index (χ4n) is 4.16. The summed E-state index contributed by atoms with van der Waals surface area (Å²) < 4.78 is 5.20. The van der Waals surface area contributed by atoms with Crippen molar-refractivity contribution in [2.45, 2.75) is 45.4 Å². The number of rotatable bonds is 7. The maximum atomic E-state index is 10.1. The van der Waals surface area contributed by atoms with Gasteiger partial charge < -0.3 is 19.6 Å². The summed E-state index contributed by atoms with van der Waals surface area (Å²) in [5.74, 6) is 1.88. The monoisotopic (exact) mass is 348 g/mol. The molecule has 2 saturated heterocycles. The number of hydrogen-bond donors (Lipinski definition) is 1. The highest BCUT2D eigenvalue weighted by Gasteiger charge is 2.35. The molecular weight excluding hydrogens is 316 g/mol. The van der Waals surface area contributed by atoms with E-state index in [4.69, 9.17) is 9.72 Å². The summed E-state index contributed by atoms with van der Waals surface area (Å²) in [6.45, 7) is 7.02. The Labute approximate surface area is 151 Å². The van der Waals surface area contributed by atoms with Crippen LogP contribution in [0.1, 0.15) is 44.2 Å². The van der Waals surface area contributed by atoms with Gasteiger partial charge in [0, 0.05) is 57.1 Å².